The summed E-state index contributed by atoms with van der Waals surface area (Å²) in [7, 11) is 0. The van der Waals surface area contributed by atoms with Crippen molar-refractivity contribution in [3.63, 3.8) is 0 Å². The minimum atomic E-state index is 0. The predicted molar refractivity (Wildman–Crippen MR) is 79.6 cm³/mol. The number of benzene rings is 1. The maximum Gasteiger partial charge on any atom is 0.133 e. The van der Waals surface area contributed by atoms with Gasteiger partial charge in [0.05, 0.1) is 6.61 Å². The first kappa shape index (κ1) is 13.5. The standard InChI is InChI=1S/C14H15N3O.ClH/c15-12-7-6-11(14(16)17-12)10-5-1-3-9-4-2-8-18-13(9)10;/h1,3,5-7H,2,4,8H2,(H4,15,16,17);1H. The molecule has 0 fully saturated rings. The molecule has 1 aliphatic heterocycles. The van der Waals surface area contributed by atoms with Crippen LogP contribution in [0.15, 0.2) is 30.3 Å². The molecule has 4 N–H and O–H groups in total. The minimum absolute atomic E-state index is 0. The third kappa shape index (κ3) is 2.44. The highest BCUT2D eigenvalue weighted by Gasteiger charge is 2.17. The predicted octanol–water partition coefficient (Wildman–Crippen LogP) is 2.66. The minimum Gasteiger partial charge on any atom is -0.493 e. The SMILES string of the molecule is Cl.Nc1ccc(-c2cccc3c2OCCC3)c(N)n1. The average Bonchev–Trinajstić information content (AvgIpc) is 2.38. The van der Waals surface area contributed by atoms with Crippen molar-refractivity contribution < 1.29 is 4.74 Å². The highest BCUT2D eigenvalue weighted by molar-refractivity contribution is 5.85. The molecule has 3 rings (SSSR count). The highest BCUT2D eigenvalue weighted by atomic mass is 35.5. The van der Waals surface area contributed by atoms with Crippen LogP contribution < -0.4 is 16.2 Å². The van der Waals surface area contributed by atoms with Gasteiger partial charge >= 0.3 is 0 Å². The molecule has 0 bridgehead atoms. The maximum absolute atomic E-state index is 5.94. The summed E-state index contributed by atoms with van der Waals surface area (Å²) in [6, 6.07) is 9.78. The molecular formula is C14H16ClN3O. The molecule has 2 aromatic rings. The van der Waals surface area contributed by atoms with Crippen LogP contribution in [0.3, 0.4) is 0 Å². The van der Waals surface area contributed by atoms with E-state index in [1.54, 1.807) is 6.07 Å². The summed E-state index contributed by atoms with van der Waals surface area (Å²) in [6.45, 7) is 0.756. The molecule has 1 aliphatic rings. The van der Waals surface area contributed by atoms with Crippen molar-refractivity contribution in [3.8, 4) is 16.9 Å². The second-order valence-corrected chi connectivity index (χ2v) is 4.41. The normalized spacial score (nSPS) is 13.1. The molecule has 0 spiro atoms. The molecule has 1 aromatic carbocycles. The number of rotatable bonds is 1. The number of anilines is 2. The van der Waals surface area contributed by atoms with Crippen LogP contribution in [0, 0.1) is 0 Å². The van der Waals surface area contributed by atoms with Gasteiger partial charge in [0.1, 0.15) is 17.4 Å². The Morgan fingerprint density at radius 2 is 1.89 bits per heavy atom. The first-order valence-corrected chi connectivity index (χ1v) is 6.03. The zero-order valence-corrected chi connectivity index (χ0v) is 11.2. The number of nitrogens with zero attached hydrogens (tertiary/aromatic N) is 1. The van der Waals surface area contributed by atoms with E-state index in [0.717, 1.165) is 36.3 Å². The van der Waals surface area contributed by atoms with Crippen molar-refractivity contribution in [2.45, 2.75) is 12.8 Å². The van der Waals surface area contributed by atoms with Gasteiger partial charge in [0.25, 0.3) is 0 Å². The van der Waals surface area contributed by atoms with Crippen molar-refractivity contribution in [2.75, 3.05) is 18.1 Å². The van der Waals surface area contributed by atoms with E-state index >= 15 is 0 Å². The summed E-state index contributed by atoms with van der Waals surface area (Å²) in [5.74, 6) is 1.81. The van der Waals surface area contributed by atoms with Gasteiger partial charge in [0, 0.05) is 11.1 Å². The van der Waals surface area contributed by atoms with Crippen LogP contribution in [0.5, 0.6) is 5.75 Å². The first-order valence-electron chi connectivity index (χ1n) is 6.03. The fourth-order valence-corrected chi connectivity index (χ4v) is 2.32. The van der Waals surface area contributed by atoms with E-state index in [4.69, 9.17) is 16.2 Å². The first-order chi connectivity index (χ1) is 8.75. The molecule has 0 radical (unpaired) electrons. The van der Waals surface area contributed by atoms with E-state index in [2.05, 4.69) is 11.1 Å². The van der Waals surface area contributed by atoms with Crippen molar-refractivity contribution in [1.29, 1.82) is 0 Å². The molecular weight excluding hydrogens is 262 g/mol. The van der Waals surface area contributed by atoms with Crippen LogP contribution in [0.2, 0.25) is 0 Å². The van der Waals surface area contributed by atoms with E-state index in [-0.39, 0.29) is 12.4 Å². The van der Waals surface area contributed by atoms with E-state index in [9.17, 15) is 0 Å². The molecule has 0 saturated heterocycles. The highest BCUT2D eigenvalue weighted by Crippen LogP contribution is 2.38. The number of pyridine rings is 1. The van der Waals surface area contributed by atoms with Gasteiger partial charge in [-0.05, 0) is 30.5 Å². The Morgan fingerprint density at radius 1 is 1.05 bits per heavy atom. The lowest BCUT2D eigenvalue weighted by Gasteiger charge is -2.20. The second-order valence-electron chi connectivity index (χ2n) is 4.41. The second kappa shape index (κ2) is 5.36. The number of halogens is 1. The molecule has 5 heteroatoms. The lowest BCUT2D eigenvalue weighted by molar-refractivity contribution is 0.289. The van der Waals surface area contributed by atoms with Gasteiger partial charge < -0.3 is 16.2 Å². The van der Waals surface area contributed by atoms with Crippen molar-refractivity contribution >= 4 is 24.0 Å². The van der Waals surface area contributed by atoms with Gasteiger partial charge in [-0.3, -0.25) is 0 Å². The molecule has 0 unspecified atom stereocenters. The lowest BCUT2D eigenvalue weighted by Crippen LogP contribution is -2.09. The number of nitrogen functional groups attached to an aromatic ring is 2. The largest absolute Gasteiger partial charge is 0.493 e. The fraction of sp³-hybridized carbons (Fsp3) is 0.214. The summed E-state index contributed by atoms with van der Waals surface area (Å²) in [6.07, 6.45) is 2.11. The number of aromatic nitrogens is 1. The van der Waals surface area contributed by atoms with Crippen LogP contribution in [0.1, 0.15) is 12.0 Å². The summed E-state index contributed by atoms with van der Waals surface area (Å²) in [5.41, 5.74) is 14.7. The van der Waals surface area contributed by atoms with Gasteiger partial charge in [-0.25, -0.2) is 4.98 Å². The van der Waals surface area contributed by atoms with Crippen molar-refractivity contribution in [2.24, 2.45) is 0 Å². The monoisotopic (exact) mass is 277 g/mol. The Bertz CT molecular complexity index is 601. The van der Waals surface area contributed by atoms with Gasteiger partial charge in [0.2, 0.25) is 0 Å². The smallest absolute Gasteiger partial charge is 0.133 e. The Labute approximate surface area is 118 Å². The van der Waals surface area contributed by atoms with E-state index in [0.29, 0.717) is 11.6 Å². The van der Waals surface area contributed by atoms with Crippen LogP contribution in [-0.2, 0) is 6.42 Å². The van der Waals surface area contributed by atoms with Crippen LogP contribution in [0.25, 0.3) is 11.1 Å². The van der Waals surface area contributed by atoms with Gasteiger partial charge in [0.15, 0.2) is 0 Å². The van der Waals surface area contributed by atoms with E-state index < -0.39 is 0 Å². The Kier molecular flexibility index (Phi) is 3.81. The zero-order chi connectivity index (χ0) is 12.5. The van der Waals surface area contributed by atoms with Gasteiger partial charge in [-0.15, -0.1) is 12.4 Å². The molecule has 0 saturated carbocycles. The number of hydrogen-bond acceptors (Lipinski definition) is 4. The third-order valence-corrected chi connectivity index (χ3v) is 3.17. The van der Waals surface area contributed by atoms with Gasteiger partial charge in [-0.1, -0.05) is 18.2 Å². The van der Waals surface area contributed by atoms with Crippen molar-refractivity contribution in [1.82, 2.24) is 4.98 Å². The Morgan fingerprint density at radius 3 is 2.68 bits per heavy atom. The number of aryl methyl sites for hydroxylation is 1. The number of fused-ring (bicyclic) bond motifs is 1. The topological polar surface area (TPSA) is 74.2 Å². The number of nitrogens with two attached hydrogens (primary N) is 2. The third-order valence-electron chi connectivity index (χ3n) is 3.17. The molecule has 2 heterocycles. The maximum atomic E-state index is 5.94. The Hall–Kier alpha value is -1.94. The van der Waals surface area contributed by atoms with E-state index in [1.807, 2.05) is 18.2 Å². The fourth-order valence-electron chi connectivity index (χ4n) is 2.32. The summed E-state index contributed by atoms with van der Waals surface area (Å²) < 4.78 is 5.78. The van der Waals surface area contributed by atoms with Crippen LogP contribution in [-0.4, -0.2) is 11.6 Å². The van der Waals surface area contributed by atoms with Crippen LogP contribution in [0.4, 0.5) is 11.6 Å². The quantitative estimate of drug-likeness (QED) is 0.840. The number of ether oxygens (including phenoxy) is 1. The summed E-state index contributed by atoms with van der Waals surface area (Å²) in [4.78, 5) is 4.10. The van der Waals surface area contributed by atoms with Crippen molar-refractivity contribution in [3.05, 3.63) is 35.9 Å². The molecule has 0 amide bonds. The number of hydrogen-bond donors (Lipinski definition) is 2. The Balaban J connectivity index is 0.00000133. The summed E-state index contributed by atoms with van der Waals surface area (Å²) >= 11 is 0. The summed E-state index contributed by atoms with van der Waals surface area (Å²) in [5, 5.41) is 0. The van der Waals surface area contributed by atoms with Crippen LogP contribution >= 0.6 is 12.4 Å². The number of para-hydroxylation sites is 1. The van der Waals surface area contributed by atoms with E-state index in [1.165, 1.54) is 5.56 Å². The van der Waals surface area contributed by atoms with Gasteiger partial charge in [-0.2, -0.15) is 0 Å². The molecule has 0 aliphatic carbocycles. The molecule has 100 valence electrons. The molecule has 4 nitrogen and oxygen atoms in total. The molecule has 19 heavy (non-hydrogen) atoms. The lowest BCUT2D eigenvalue weighted by atomic mass is 9.98. The zero-order valence-electron chi connectivity index (χ0n) is 10.4. The average molecular weight is 278 g/mol. The molecule has 1 aromatic heterocycles. The molecule has 0 atom stereocenters.